The number of aromatic hydroxyl groups is 2. The molecule has 0 amide bonds. The molecule has 1 aliphatic carbocycles. The summed E-state index contributed by atoms with van der Waals surface area (Å²) in [5, 5.41) is 19.6. The zero-order valence-electron chi connectivity index (χ0n) is 14.9. The van der Waals surface area contributed by atoms with Gasteiger partial charge in [-0.1, -0.05) is 45.0 Å². The highest BCUT2D eigenvalue weighted by atomic mass is 16.3. The predicted octanol–water partition coefficient (Wildman–Crippen LogP) is 5.84. The Hall–Kier alpha value is -1.96. The van der Waals surface area contributed by atoms with Gasteiger partial charge in [0.2, 0.25) is 0 Å². The van der Waals surface area contributed by atoms with E-state index in [1.54, 1.807) is 12.1 Å². The summed E-state index contributed by atoms with van der Waals surface area (Å²) in [6.07, 6.45) is 4.72. The molecule has 0 aliphatic heterocycles. The van der Waals surface area contributed by atoms with E-state index in [0.29, 0.717) is 23.3 Å². The van der Waals surface area contributed by atoms with Gasteiger partial charge in [0.05, 0.1) is 0 Å². The second kappa shape index (κ2) is 6.51. The molecule has 0 radical (unpaired) electrons. The van der Waals surface area contributed by atoms with Crippen LogP contribution in [0.3, 0.4) is 0 Å². The molecule has 1 saturated carbocycles. The van der Waals surface area contributed by atoms with Crippen molar-refractivity contribution in [3.8, 4) is 11.5 Å². The number of benzene rings is 2. The number of phenols is 2. The number of rotatable bonds is 2. The van der Waals surface area contributed by atoms with Crippen LogP contribution in [0.4, 0.5) is 0 Å². The minimum atomic E-state index is -0.0384. The van der Waals surface area contributed by atoms with Gasteiger partial charge in [0.25, 0.3) is 0 Å². The fraction of sp³-hybridized carbons (Fsp3) is 0.455. The van der Waals surface area contributed by atoms with Crippen LogP contribution >= 0.6 is 0 Å². The second-order valence-electron chi connectivity index (χ2n) is 8.17. The first-order chi connectivity index (χ1) is 11.3. The van der Waals surface area contributed by atoms with Crippen molar-refractivity contribution < 1.29 is 10.2 Å². The largest absolute Gasteiger partial charge is 0.508 e. The van der Waals surface area contributed by atoms with Crippen LogP contribution in [-0.2, 0) is 5.41 Å². The summed E-state index contributed by atoms with van der Waals surface area (Å²) >= 11 is 0. The standard InChI is InChI=1S/C22H28O2/c1-22(2,3)20-14-18(10-13-21(20)24)17-6-4-15(5-7-17)16-8-11-19(23)12-9-16/h8-15,17,23-24H,4-7H2,1-3H3. The quantitative estimate of drug-likeness (QED) is 0.729. The molecule has 0 unspecified atom stereocenters. The summed E-state index contributed by atoms with van der Waals surface area (Å²) in [5.74, 6) is 1.93. The minimum absolute atomic E-state index is 0.0384. The first-order valence-corrected chi connectivity index (χ1v) is 8.97. The van der Waals surface area contributed by atoms with Crippen LogP contribution in [0, 0.1) is 0 Å². The molecule has 2 heteroatoms. The van der Waals surface area contributed by atoms with E-state index >= 15 is 0 Å². The predicted molar refractivity (Wildman–Crippen MR) is 98.9 cm³/mol. The molecule has 2 aromatic carbocycles. The van der Waals surface area contributed by atoms with Crippen LogP contribution in [-0.4, -0.2) is 10.2 Å². The molecule has 0 spiro atoms. The highest BCUT2D eigenvalue weighted by Crippen LogP contribution is 2.42. The zero-order chi connectivity index (χ0) is 17.3. The monoisotopic (exact) mass is 324 g/mol. The first-order valence-electron chi connectivity index (χ1n) is 8.97. The fourth-order valence-electron chi connectivity index (χ4n) is 3.91. The van der Waals surface area contributed by atoms with E-state index in [4.69, 9.17) is 0 Å². The summed E-state index contributed by atoms with van der Waals surface area (Å²) in [5.41, 5.74) is 3.71. The van der Waals surface area contributed by atoms with Gasteiger partial charge in [-0.15, -0.1) is 0 Å². The van der Waals surface area contributed by atoms with E-state index < -0.39 is 0 Å². The van der Waals surface area contributed by atoms with Crippen LogP contribution in [0.15, 0.2) is 42.5 Å². The van der Waals surface area contributed by atoms with E-state index in [1.807, 2.05) is 6.07 Å². The van der Waals surface area contributed by atoms with Gasteiger partial charge < -0.3 is 10.2 Å². The molecule has 24 heavy (non-hydrogen) atoms. The summed E-state index contributed by atoms with van der Waals surface area (Å²) in [6, 6.07) is 13.9. The van der Waals surface area contributed by atoms with Gasteiger partial charge in [0, 0.05) is 0 Å². The number of hydrogen-bond donors (Lipinski definition) is 2. The molecule has 0 atom stereocenters. The van der Waals surface area contributed by atoms with Crippen molar-refractivity contribution in [1.29, 1.82) is 0 Å². The fourth-order valence-corrected chi connectivity index (χ4v) is 3.91. The zero-order valence-corrected chi connectivity index (χ0v) is 14.9. The van der Waals surface area contributed by atoms with Gasteiger partial charge in [-0.3, -0.25) is 0 Å². The Bertz CT molecular complexity index is 687. The Morgan fingerprint density at radius 3 is 1.79 bits per heavy atom. The van der Waals surface area contributed by atoms with E-state index in [9.17, 15) is 10.2 Å². The third-order valence-electron chi connectivity index (χ3n) is 5.39. The third-order valence-corrected chi connectivity index (χ3v) is 5.39. The molecule has 2 nitrogen and oxygen atoms in total. The van der Waals surface area contributed by atoms with Crippen molar-refractivity contribution in [1.82, 2.24) is 0 Å². The van der Waals surface area contributed by atoms with Gasteiger partial charge in [0.15, 0.2) is 0 Å². The van der Waals surface area contributed by atoms with Crippen LogP contribution in [0.2, 0.25) is 0 Å². The van der Waals surface area contributed by atoms with Gasteiger partial charge in [-0.2, -0.15) is 0 Å². The van der Waals surface area contributed by atoms with Crippen molar-refractivity contribution in [3.63, 3.8) is 0 Å². The maximum absolute atomic E-state index is 10.2. The Morgan fingerprint density at radius 2 is 1.25 bits per heavy atom. The Balaban J connectivity index is 1.72. The first kappa shape index (κ1) is 16.9. The molecular formula is C22H28O2. The molecule has 0 saturated heterocycles. The number of hydrogen-bond acceptors (Lipinski definition) is 2. The SMILES string of the molecule is CC(C)(C)c1cc(C2CCC(c3ccc(O)cc3)CC2)ccc1O. The summed E-state index contributed by atoms with van der Waals surface area (Å²) in [4.78, 5) is 0. The van der Waals surface area contributed by atoms with Crippen LogP contribution in [0.25, 0.3) is 0 Å². The molecule has 0 aromatic heterocycles. The summed E-state index contributed by atoms with van der Waals surface area (Å²) < 4.78 is 0. The number of phenolic OH excluding ortho intramolecular Hbond substituents is 2. The molecule has 1 fully saturated rings. The molecular weight excluding hydrogens is 296 g/mol. The van der Waals surface area contributed by atoms with E-state index in [-0.39, 0.29) is 5.41 Å². The molecule has 128 valence electrons. The topological polar surface area (TPSA) is 40.5 Å². The maximum atomic E-state index is 10.2. The summed E-state index contributed by atoms with van der Waals surface area (Å²) in [7, 11) is 0. The average molecular weight is 324 g/mol. The lowest BCUT2D eigenvalue weighted by atomic mass is 9.75. The second-order valence-corrected chi connectivity index (χ2v) is 8.17. The van der Waals surface area contributed by atoms with Crippen molar-refractivity contribution >= 4 is 0 Å². The van der Waals surface area contributed by atoms with Crippen molar-refractivity contribution in [2.45, 2.75) is 63.7 Å². The van der Waals surface area contributed by atoms with Crippen molar-refractivity contribution in [2.24, 2.45) is 0 Å². The van der Waals surface area contributed by atoms with E-state index in [2.05, 4.69) is 45.0 Å². The van der Waals surface area contributed by atoms with Gasteiger partial charge in [-0.25, -0.2) is 0 Å². The Kier molecular flexibility index (Phi) is 4.58. The lowest BCUT2D eigenvalue weighted by Gasteiger charge is -2.30. The normalized spacial score (nSPS) is 21.6. The van der Waals surface area contributed by atoms with Crippen LogP contribution < -0.4 is 0 Å². The third kappa shape index (κ3) is 3.58. The Morgan fingerprint density at radius 1 is 0.750 bits per heavy atom. The van der Waals surface area contributed by atoms with E-state index in [0.717, 1.165) is 5.56 Å². The molecule has 2 N–H and O–H groups in total. The summed E-state index contributed by atoms with van der Waals surface area (Å²) in [6.45, 7) is 6.44. The smallest absolute Gasteiger partial charge is 0.119 e. The highest BCUT2D eigenvalue weighted by molar-refractivity contribution is 5.42. The van der Waals surface area contributed by atoms with Crippen LogP contribution in [0.5, 0.6) is 11.5 Å². The highest BCUT2D eigenvalue weighted by Gasteiger charge is 2.25. The van der Waals surface area contributed by atoms with Crippen LogP contribution in [0.1, 0.15) is 75.0 Å². The van der Waals surface area contributed by atoms with E-state index in [1.165, 1.54) is 36.8 Å². The maximum Gasteiger partial charge on any atom is 0.119 e. The van der Waals surface area contributed by atoms with Gasteiger partial charge >= 0.3 is 0 Å². The lowest BCUT2D eigenvalue weighted by Crippen LogP contribution is -2.15. The van der Waals surface area contributed by atoms with Gasteiger partial charge in [-0.05, 0) is 77.8 Å². The molecule has 1 aliphatic rings. The molecule has 0 heterocycles. The van der Waals surface area contributed by atoms with Crippen molar-refractivity contribution in [2.75, 3.05) is 0 Å². The lowest BCUT2D eigenvalue weighted by molar-refractivity contribution is 0.394. The minimum Gasteiger partial charge on any atom is -0.508 e. The Labute approximate surface area is 145 Å². The van der Waals surface area contributed by atoms with Crippen molar-refractivity contribution in [3.05, 3.63) is 59.2 Å². The van der Waals surface area contributed by atoms with Gasteiger partial charge in [0.1, 0.15) is 11.5 Å². The average Bonchev–Trinajstić information content (AvgIpc) is 2.55. The molecule has 2 aromatic rings. The molecule has 0 bridgehead atoms. The molecule has 3 rings (SSSR count).